The highest BCUT2D eigenvalue weighted by atomic mass is 32.1. The summed E-state index contributed by atoms with van der Waals surface area (Å²) in [6.45, 7) is 9.44. The fraction of sp³-hybridized carbons (Fsp3) is 0.478. The number of ether oxygens (including phenoxy) is 1. The van der Waals surface area contributed by atoms with Crippen LogP contribution in [0.25, 0.3) is 0 Å². The standard InChI is InChI=1S/C23H30N2O3S/c1-16(2)13-24(18(4)26)14-23(27)25-11-9-22-20(10-12-29-22)21(25)15-28-19-7-5-17(3)6-8-19/h5-8,10,12,16,21H,9,11,13-15H2,1-4H3. The molecule has 0 saturated heterocycles. The van der Waals surface area contributed by atoms with Crippen LogP contribution in [-0.2, 0) is 16.0 Å². The maximum Gasteiger partial charge on any atom is 0.242 e. The van der Waals surface area contributed by atoms with Crippen molar-refractivity contribution in [1.82, 2.24) is 9.80 Å². The van der Waals surface area contributed by atoms with Crippen molar-refractivity contribution in [3.63, 3.8) is 0 Å². The number of fused-ring (bicyclic) bond motifs is 1. The van der Waals surface area contributed by atoms with Crippen LogP contribution in [-0.4, -0.2) is 47.9 Å². The first-order valence-corrected chi connectivity index (χ1v) is 11.0. The van der Waals surface area contributed by atoms with Crippen LogP contribution in [0.15, 0.2) is 35.7 Å². The molecule has 0 bridgehead atoms. The second kappa shape index (κ2) is 9.44. The molecule has 29 heavy (non-hydrogen) atoms. The van der Waals surface area contributed by atoms with E-state index in [0.29, 0.717) is 25.6 Å². The molecule has 1 aromatic carbocycles. The van der Waals surface area contributed by atoms with Crippen molar-refractivity contribution in [3.8, 4) is 5.75 Å². The third kappa shape index (κ3) is 5.38. The van der Waals surface area contributed by atoms with Crippen LogP contribution < -0.4 is 4.74 Å². The predicted molar refractivity (Wildman–Crippen MR) is 116 cm³/mol. The van der Waals surface area contributed by atoms with Crippen molar-refractivity contribution < 1.29 is 14.3 Å². The van der Waals surface area contributed by atoms with Crippen LogP contribution in [0.4, 0.5) is 0 Å². The summed E-state index contributed by atoms with van der Waals surface area (Å²) in [7, 11) is 0. The van der Waals surface area contributed by atoms with Gasteiger partial charge in [-0.2, -0.15) is 0 Å². The molecule has 1 aliphatic heterocycles. The summed E-state index contributed by atoms with van der Waals surface area (Å²) in [4.78, 5) is 30.0. The number of hydrogen-bond acceptors (Lipinski definition) is 4. The molecule has 0 saturated carbocycles. The first-order chi connectivity index (χ1) is 13.8. The summed E-state index contributed by atoms with van der Waals surface area (Å²) in [5, 5.41) is 2.08. The summed E-state index contributed by atoms with van der Waals surface area (Å²) in [5.41, 5.74) is 2.35. The second-order valence-corrected chi connectivity index (χ2v) is 9.07. The van der Waals surface area contributed by atoms with Crippen molar-refractivity contribution >= 4 is 23.2 Å². The monoisotopic (exact) mass is 414 g/mol. The van der Waals surface area contributed by atoms with Gasteiger partial charge < -0.3 is 14.5 Å². The van der Waals surface area contributed by atoms with Crippen molar-refractivity contribution in [2.75, 3.05) is 26.2 Å². The van der Waals surface area contributed by atoms with Crippen molar-refractivity contribution in [2.24, 2.45) is 5.92 Å². The Labute approximate surface area is 177 Å². The SMILES string of the molecule is CC(=O)N(CC(=O)N1CCc2sccc2C1COc1ccc(C)cc1)CC(C)C. The Morgan fingerprint density at radius 1 is 1.24 bits per heavy atom. The van der Waals surface area contributed by atoms with E-state index in [1.54, 1.807) is 16.2 Å². The molecule has 0 spiro atoms. The van der Waals surface area contributed by atoms with Crippen LogP contribution in [0.3, 0.4) is 0 Å². The summed E-state index contributed by atoms with van der Waals surface area (Å²) in [6.07, 6.45) is 0.851. The van der Waals surface area contributed by atoms with Crippen LogP contribution >= 0.6 is 11.3 Å². The molecule has 0 N–H and O–H groups in total. The summed E-state index contributed by atoms with van der Waals surface area (Å²) in [6, 6.07) is 9.92. The molecule has 5 nitrogen and oxygen atoms in total. The Hall–Kier alpha value is -2.34. The number of benzene rings is 1. The van der Waals surface area contributed by atoms with E-state index in [9.17, 15) is 9.59 Å². The Bertz CT molecular complexity index is 844. The lowest BCUT2D eigenvalue weighted by Crippen LogP contribution is -2.48. The minimum atomic E-state index is -0.133. The van der Waals surface area contributed by atoms with Gasteiger partial charge in [0, 0.05) is 24.9 Å². The maximum absolute atomic E-state index is 13.2. The average Bonchev–Trinajstić information content (AvgIpc) is 3.15. The summed E-state index contributed by atoms with van der Waals surface area (Å²) in [5.74, 6) is 1.04. The normalized spacial score (nSPS) is 15.9. The van der Waals surface area contributed by atoms with Gasteiger partial charge in [0.05, 0.1) is 12.6 Å². The Kier molecular flexibility index (Phi) is 6.96. The molecule has 1 unspecified atom stereocenters. The van der Waals surface area contributed by atoms with Crippen molar-refractivity contribution in [2.45, 2.75) is 40.2 Å². The lowest BCUT2D eigenvalue weighted by molar-refractivity contribution is -0.142. The van der Waals surface area contributed by atoms with Crippen LogP contribution in [0.2, 0.25) is 0 Å². The second-order valence-electron chi connectivity index (χ2n) is 8.07. The highest BCUT2D eigenvalue weighted by Gasteiger charge is 2.33. The van der Waals surface area contributed by atoms with E-state index in [-0.39, 0.29) is 24.4 Å². The zero-order chi connectivity index (χ0) is 21.0. The molecule has 0 aliphatic carbocycles. The van der Waals surface area contributed by atoms with Crippen molar-refractivity contribution in [1.29, 1.82) is 0 Å². The molecule has 0 radical (unpaired) electrons. The molecular formula is C23H30N2O3S. The van der Waals surface area contributed by atoms with E-state index in [1.807, 2.05) is 36.1 Å². The van der Waals surface area contributed by atoms with Gasteiger partial charge in [0.25, 0.3) is 0 Å². The first-order valence-electron chi connectivity index (χ1n) is 10.2. The van der Waals surface area contributed by atoms with Gasteiger partial charge in [-0.25, -0.2) is 0 Å². The number of aryl methyl sites for hydroxylation is 1. The maximum atomic E-state index is 13.2. The van der Waals surface area contributed by atoms with Gasteiger partial charge >= 0.3 is 0 Å². The molecule has 6 heteroatoms. The number of amides is 2. The molecule has 2 aromatic rings. The Morgan fingerprint density at radius 2 is 1.97 bits per heavy atom. The molecule has 1 atom stereocenters. The predicted octanol–water partition coefficient (Wildman–Crippen LogP) is 4.07. The summed E-state index contributed by atoms with van der Waals surface area (Å²) >= 11 is 1.74. The molecular weight excluding hydrogens is 384 g/mol. The van der Waals surface area contributed by atoms with Gasteiger partial charge in [-0.15, -0.1) is 11.3 Å². The zero-order valence-electron chi connectivity index (χ0n) is 17.7. The van der Waals surface area contributed by atoms with Gasteiger partial charge in [0.15, 0.2) is 0 Å². The highest BCUT2D eigenvalue weighted by Crippen LogP contribution is 2.34. The third-order valence-corrected chi connectivity index (χ3v) is 6.20. The smallest absolute Gasteiger partial charge is 0.242 e. The zero-order valence-corrected chi connectivity index (χ0v) is 18.5. The molecule has 3 rings (SSSR count). The molecule has 1 aromatic heterocycles. The third-order valence-electron chi connectivity index (χ3n) is 5.20. The Balaban J connectivity index is 1.75. The largest absolute Gasteiger partial charge is 0.491 e. The molecule has 2 heterocycles. The number of nitrogens with zero attached hydrogens (tertiary/aromatic N) is 2. The number of rotatable bonds is 7. The van der Waals surface area contributed by atoms with E-state index in [1.165, 1.54) is 22.9 Å². The van der Waals surface area contributed by atoms with E-state index in [0.717, 1.165) is 12.2 Å². The van der Waals surface area contributed by atoms with E-state index in [2.05, 4.69) is 25.3 Å². The Morgan fingerprint density at radius 3 is 2.62 bits per heavy atom. The summed E-state index contributed by atoms with van der Waals surface area (Å²) < 4.78 is 6.05. The molecule has 156 valence electrons. The molecule has 1 aliphatic rings. The van der Waals surface area contributed by atoms with Crippen molar-refractivity contribution in [3.05, 3.63) is 51.7 Å². The number of thiophene rings is 1. The van der Waals surface area contributed by atoms with Crippen LogP contribution in [0.5, 0.6) is 5.75 Å². The highest BCUT2D eigenvalue weighted by molar-refractivity contribution is 7.10. The van der Waals surface area contributed by atoms with E-state index >= 15 is 0 Å². The first kappa shape index (κ1) is 21.4. The van der Waals surface area contributed by atoms with Gasteiger partial charge in [-0.05, 0) is 48.4 Å². The minimum Gasteiger partial charge on any atom is -0.491 e. The van der Waals surface area contributed by atoms with Crippen LogP contribution in [0, 0.1) is 12.8 Å². The fourth-order valence-electron chi connectivity index (χ4n) is 3.68. The van der Waals surface area contributed by atoms with Crippen LogP contribution in [0.1, 0.15) is 42.8 Å². The minimum absolute atomic E-state index is 0.0183. The fourth-order valence-corrected chi connectivity index (χ4v) is 4.61. The quantitative estimate of drug-likeness (QED) is 0.686. The van der Waals surface area contributed by atoms with Gasteiger partial charge in [0.2, 0.25) is 11.8 Å². The molecule has 0 fully saturated rings. The number of carbonyl (C=O) groups excluding carboxylic acids is 2. The van der Waals surface area contributed by atoms with Gasteiger partial charge in [-0.1, -0.05) is 31.5 Å². The lowest BCUT2D eigenvalue weighted by Gasteiger charge is -2.37. The van der Waals surface area contributed by atoms with Gasteiger partial charge in [-0.3, -0.25) is 9.59 Å². The topological polar surface area (TPSA) is 49.9 Å². The number of hydrogen-bond donors (Lipinski definition) is 0. The van der Waals surface area contributed by atoms with E-state index < -0.39 is 0 Å². The lowest BCUT2D eigenvalue weighted by atomic mass is 10.0. The number of carbonyl (C=O) groups is 2. The average molecular weight is 415 g/mol. The van der Waals surface area contributed by atoms with E-state index in [4.69, 9.17) is 4.74 Å². The van der Waals surface area contributed by atoms with Gasteiger partial charge in [0.1, 0.15) is 12.4 Å². The molecule has 2 amide bonds.